The van der Waals surface area contributed by atoms with E-state index in [1.807, 2.05) is 0 Å². The molecule has 0 aromatic carbocycles. The van der Waals surface area contributed by atoms with E-state index in [0.717, 1.165) is 0 Å². The first kappa shape index (κ1) is 17.0. The molecule has 0 aliphatic heterocycles. The minimum absolute atomic E-state index is 0.0570. The third-order valence-corrected chi connectivity index (χ3v) is 4.83. The van der Waals surface area contributed by atoms with Gasteiger partial charge in [0.25, 0.3) is 0 Å². The van der Waals surface area contributed by atoms with Gasteiger partial charge in [-0.3, -0.25) is 19.7 Å². The van der Waals surface area contributed by atoms with Crippen molar-refractivity contribution in [2.24, 2.45) is 0 Å². The SMILES string of the molecule is CCOP(=O)(OCC)C(NCC(C)=O)c1cccnc1. The molecule has 20 heavy (non-hydrogen) atoms. The summed E-state index contributed by atoms with van der Waals surface area (Å²) in [6.45, 7) is 5.56. The van der Waals surface area contributed by atoms with Crippen molar-refractivity contribution in [2.45, 2.75) is 26.6 Å². The lowest BCUT2D eigenvalue weighted by Gasteiger charge is -2.26. The van der Waals surface area contributed by atoms with E-state index in [4.69, 9.17) is 9.05 Å². The van der Waals surface area contributed by atoms with E-state index in [0.29, 0.717) is 5.56 Å². The summed E-state index contributed by atoms with van der Waals surface area (Å²) in [7, 11) is -3.41. The maximum atomic E-state index is 12.9. The largest absolute Gasteiger partial charge is 0.352 e. The third kappa shape index (κ3) is 4.80. The number of hydrogen-bond donors (Lipinski definition) is 1. The summed E-state index contributed by atoms with van der Waals surface area (Å²) in [6, 6.07) is 3.51. The maximum absolute atomic E-state index is 12.9. The zero-order chi connectivity index (χ0) is 15.0. The fraction of sp³-hybridized carbons (Fsp3) is 0.538. The molecule has 0 saturated carbocycles. The number of ketones is 1. The van der Waals surface area contributed by atoms with Gasteiger partial charge in [0.05, 0.1) is 19.8 Å². The predicted octanol–water partition coefficient (Wildman–Crippen LogP) is 2.52. The minimum Gasteiger partial charge on any atom is -0.308 e. The summed E-state index contributed by atoms with van der Waals surface area (Å²) >= 11 is 0. The van der Waals surface area contributed by atoms with Crippen molar-refractivity contribution in [1.29, 1.82) is 0 Å². The lowest BCUT2D eigenvalue weighted by molar-refractivity contribution is -0.116. The molecule has 0 fully saturated rings. The molecule has 1 aromatic rings. The Bertz CT molecular complexity index is 457. The first-order valence-electron chi connectivity index (χ1n) is 6.55. The summed E-state index contributed by atoms with van der Waals surface area (Å²) in [5, 5.41) is 2.94. The Morgan fingerprint density at radius 3 is 2.50 bits per heavy atom. The smallest absolute Gasteiger partial charge is 0.308 e. The number of Topliss-reactive ketones (excluding diaryl/α,β-unsaturated/α-hetero) is 1. The van der Waals surface area contributed by atoms with Crippen LogP contribution in [0.3, 0.4) is 0 Å². The number of rotatable bonds is 9. The molecule has 0 radical (unpaired) electrons. The monoisotopic (exact) mass is 300 g/mol. The Labute approximate surface area is 119 Å². The highest BCUT2D eigenvalue weighted by molar-refractivity contribution is 7.54. The predicted molar refractivity (Wildman–Crippen MR) is 76.5 cm³/mol. The van der Waals surface area contributed by atoms with E-state index in [-0.39, 0.29) is 25.5 Å². The third-order valence-electron chi connectivity index (χ3n) is 2.48. The van der Waals surface area contributed by atoms with Gasteiger partial charge in [0, 0.05) is 12.4 Å². The molecule has 1 unspecified atom stereocenters. The van der Waals surface area contributed by atoms with E-state index >= 15 is 0 Å². The molecule has 0 saturated heterocycles. The molecular formula is C13H21N2O4P. The van der Waals surface area contributed by atoms with Gasteiger partial charge in [0.15, 0.2) is 0 Å². The van der Waals surface area contributed by atoms with Crippen LogP contribution in [0.4, 0.5) is 0 Å². The zero-order valence-corrected chi connectivity index (χ0v) is 12.9. The van der Waals surface area contributed by atoms with Crippen molar-refractivity contribution in [2.75, 3.05) is 19.8 Å². The fourth-order valence-electron chi connectivity index (χ4n) is 1.74. The molecular weight excluding hydrogens is 279 g/mol. The lowest BCUT2D eigenvalue weighted by atomic mass is 10.3. The van der Waals surface area contributed by atoms with Crippen molar-refractivity contribution in [3.63, 3.8) is 0 Å². The molecule has 7 heteroatoms. The van der Waals surface area contributed by atoms with E-state index in [9.17, 15) is 9.36 Å². The van der Waals surface area contributed by atoms with E-state index in [2.05, 4.69) is 10.3 Å². The number of carbonyl (C=O) groups is 1. The van der Waals surface area contributed by atoms with Crippen LogP contribution in [0.1, 0.15) is 32.1 Å². The number of pyridine rings is 1. The van der Waals surface area contributed by atoms with Crippen molar-refractivity contribution in [3.05, 3.63) is 30.1 Å². The van der Waals surface area contributed by atoms with Crippen LogP contribution in [0.5, 0.6) is 0 Å². The molecule has 0 bridgehead atoms. The van der Waals surface area contributed by atoms with Crippen molar-refractivity contribution in [1.82, 2.24) is 10.3 Å². The molecule has 0 spiro atoms. The number of carbonyl (C=O) groups excluding carboxylic acids is 1. The van der Waals surface area contributed by atoms with Gasteiger partial charge >= 0.3 is 7.60 Å². The molecule has 0 amide bonds. The molecule has 1 heterocycles. The summed E-state index contributed by atoms with van der Waals surface area (Å²) in [5.41, 5.74) is 0.666. The van der Waals surface area contributed by atoms with Crippen LogP contribution in [0.15, 0.2) is 24.5 Å². The Hall–Kier alpha value is -1.07. The second-order valence-corrected chi connectivity index (χ2v) is 6.26. The Balaban J connectivity index is 3.07. The average Bonchev–Trinajstić information content (AvgIpc) is 2.40. The van der Waals surface area contributed by atoms with Gasteiger partial charge in [-0.2, -0.15) is 0 Å². The molecule has 0 aliphatic rings. The first-order valence-corrected chi connectivity index (χ1v) is 8.16. The van der Waals surface area contributed by atoms with Crippen molar-refractivity contribution >= 4 is 13.4 Å². The Morgan fingerprint density at radius 2 is 2.05 bits per heavy atom. The number of nitrogens with zero attached hydrogens (tertiary/aromatic N) is 1. The summed E-state index contributed by atoms with van der Waals surface area (Å²) in [4.78, 5) is 15.2. The molecule has 1 rings (SSSR count). The Morgan fingerprint density at radius 1 is 1.40 bits per heavy atom. The van der Waals surface area contributed by atoms with E-state index < -0.39 is 13.4 Å². The topological polar surface area (TPSA) is 77.5 Å². The van der Waals surface area contributed by atoms with Gasteiger partial charge in [-0.15, -0.1) is 0 Å². The van der Waals surface area contributed by atoms with Crippen LogP contribution in [0.25, 0.3) is 0 Å². The van der Waals surface area contributed by atoms with Crippen molar-refractivity contribution in [3.8, 4) is 0 Å². The number of hydrogen-bond acceptors (Lipinski definition) is 6. The fourth-order valence-corrected chi connectivity index (χ4v) is 3.66. The van der Waals surface area contributed by atoms with E-state index in [1.54, 1.807) is 38.4 Å². The number of nitrogens with one attached hydrogen (secondary N) is 1. The van der Waals surface area contributed by atoms with Gasteiger partial charge in [-0.1, -0.05) is 6.07 Å². The minimum atomic E-state index is -3.41. The zero-order valence-electron chi connectivity index (χ0n) is 12.0. The second-order valence-electron chi connectivity index (χ2n) is 4.15. The number of aromatic nitrogens is 1. The van der Waals surface area contributed by atoms with Crippen LogP contribution in [0, 0.1) is 0 Å². The van der Waals surface area contributed by atoms with Gasteiger partial charge in [0.2, 0.25) is 0 Å². The van der Waals surface area contributed by atoms with Crippen LogP contribution in [-0.4, -0.2) is 30.5 Å². The lowest BCUT2D eigenvalue weighted by Crippen LogP contribution is -2.28. The van der Waals surface area contributed by atoms with Crippen molar-refractivity contribution < 1.29 is 18.4 Å². The standard InChI is InChI=1S/C13H21N2O4P/c1-4-18-20(17,19-5-2)13(15-9-11(3)16)12-7-6-8-14-10-12/h6-8,10,13,15H,4-5,9H2,1-3H3. The van der Waals surface area contributed by atoms with Gasteiger partial charge in [-0.05, 0) is 32.4 Å². The van der Waals surface area contributed by atoms with Crippen LogP contribution >= 0.6 is 7.60 Å². The maximum Gasteiger partial charge on any atom is 0.352 e. The molecule has 0 aliphatic carbocycles. The summed E-state index contributed by atoms with van der Waals surface area (Å²) in [5.74, 6) is -0.765. The summed E-state index contributed by atoms with van der Waals surface area (Å²) < 4.78 is 23.6. The molecule has 112 valence electrons. The Kier molecular flexibility index (Phi) is 7.02. The van der Waals surface area contributed by atoms with Crippen LogP contribution in [-0.2, 0) is 18.4 Å². The normalized spacial score (nSPS) is 13.2. The first-order chi connectivity index (χ1) is 9.53. The quantitative estimate of drug-likeness (QED) is 0.706. The van der Waals surface area contributed by atoms with Gasteiger partial charge in [0.1, 0.15) is 11.6 Å². The van der Waals surface area contributed by atoms with Crippen LogP contribution < -0.4 is 5.32 Å². The molecule has 1 atom stereocenters. The molecule has 1 aromatic heterocycles. The highest BCUT2D eigenvalue weighted by atomic mass is 31.2. The van der Waals surface area contributed by atoms with Gasteiger partial charge in [-0.25, -0.2) is 0 Å². The summed E-state index contributed by atoms with van der Waals surface area (Å²) in [6.07, 6.45) is 3.21. The van der Waals surface area contributed by atoms with E-state index in [1.165, 1.54) is 6.92 Å². The average molecular weight is 300 g/mol. The highest BCUT2D eigenvalue weighted by Gasteiger charge is 2.36. The molecule has 6 nitrogen and oxygen atoms in total. The van der Waals surface area contributed by atoms with Gasteiger partial charge < -0.3 is 9.05 Å². The highest BCUT2D eigenvalue weighted by Crippen LogP contribution is 2.59. The van der Waals surface area contributed by atoms with Crippen LogP contribution in [0.2, 0.25) is 0 Å². The molecule has 1 N–H and O–H groups in total. The second kappa shape index (κ2) is 8.27.